The van der Waals surface area contributed by atoms with Crippen molar-refractivity contribution < 1.29 is 14.3 Å². The number of benzene rings is 1. The Morgan fingerprint density at radius 1 is 1.07 bits per heavy atom. The lowest BCUT2D eigenvalue weighted by molar-refractivity contribution is -0.128. The molecule has 4 heteroatoms. The van der Waals surface area contributed by atoms with Crippen molar-refractivity contribution in [2.75, 3.05) is 6.61 Å². The minimum atomic E-state index is -0.397. The van der Waals surface area contributed by atoms with Crippen LogP contribution in [0.15, 0.2) is 24.3 Å². The lowest BCUT2D eigenvalue weighted by Crippen LogP contribution is -2.27. The van der Waals surface area contributed by atoms with Gasteiger partial charge in [-0.1, -0.05) is 46.8 Å². The van der Waals surface area contributed by atoms with Crippen LogP contribution in [0.4, 0.5) is 0 Å². The number of Topliss-reactive ketones (excluding diaryl/α,β-unsaturated/α-hetero) is 1. The molecule has 0 amide bonds. The average molecular weight is 429 g/mol. The molecule has 0 saturated heterocycles. The first kappa shape index (κ1) is 24.3. The molecule has 1 aromatic carbocycles. The van der Waals surface area contributed by atoms with Crippen LogP contribution in [0.25, 0.3) is 0 Å². The van der Waals surface area contributed by atoms with E-state index >= 15 is 0 Å². The smallest absolute Gasteiger partial charge is 0.175 e. The molecule has 0 aliphatic heterocycles. The van der Waals surface area contributed by atoms with Crippen molar-refractivity contribution in [3.8, 4) is 5.75 Å². The topological polar surface area (TPSA) is 43.4 Å². The van der Waals surface area contributed by atoms with E-state index in [9.17, 15) is 9.59 Å². The second-order valence-electron chi connectivity index (χ2n) is 9.15. The zero-order valence-corrected chi connectivity index (χ0v) is 20.4. The molecule has 0 radical (unpaired) electrons. The van der Waals surface area contributed by atoms with E-state index in [4.69, 9.17) is 4.74 Å². The van der Waals surface area contributed by atoms with Gasteiger partial charge in [0.2, 0.25) is 0 Å². The monoisotopic (exact) mass is 428 g/mol. The summed E-state index contributed by atoms with van der Waals surface area (Å²) < 4.78 is 5.85. The molecule has 0 saturated carbocycles. The zero-order chi connectivity index (χ0) is 22.5. The van der Waals surface area contributed by atoms with E-state index in [-0.39, 0.29) is 17.8 Å². The molecule has 0 spiro atoms. The maximum atomic E-state index is 12.2. The quantitative estimate of drug-likeness (QED) is 0.401. The second kappa shape index (κ2) is 9.91. The van der Waals surface area contributed by atoms with E-state index < -0.39 is 5.41 Å². The third-order valence-electron chi connectivity index (χ3n) is 6.11. The summed E-state index contributed by atoms with van der Waals surface area (Å²) in [6.07, 6.45) is 4.39. The lowest BCUT2D eigenvalue weighted by atomic mass is 9.74. The Balaban J connectivity index is 2.35. The summed E-state index contributed by atoms with van der Waals surface area (Å²) >= 11 is 1.84. The number of ether oxygens (including phenoxy) is 1. The Morgan fingerprint density at radius 2 is 1.73 bits per heavy atom. The third-order valence-corrected chi connectivity index (χ3v) is 7.61. The van der Waals surface area contributed by atoms with Crippen molar-refractivity contribution in [2.45, 2.75) is 79.6 Å². The van der Waals surface area contributed by atoms with Crippen LogP contribution in [0.5, 0.6) is 5.75 Å². The molecule has 0 bridgehead atoms. The predicted molar refractivity (Wildman–Crippen MR) is 126 cm³/mol. The van der Waals surface area contributed by atoms with Crippen molar-refractivity contribution in [1.82, 2.24) is 0 Å². The van der Waals surface area contributed by atoms with Crippen molar-refractivity contribution in [1.29, 1.82) is 0 Å². The van der Waals surface area contributed by atoms with Crippen LogP contribution in [0.1, 0.15) is 80.3 Å². The molecule has 30 heavy (non-hydrogen) atoms. The number of hydrogen-bond donors (Lipinski definition) is 0. The number of carbonyl (C=O) groups is 2. The van der Waals surface area contributed by atoms with E-state index in [1.54, 1.807) is 0 Å². The molecule has 2 rings (SSSR count). The van der Waals surface area contributed by atoms with Crippen LogP contribution < -0.4 is 4.74 Å². The Kier molecular flexibility index (Phi) is 8.04. The van der Waals surface area contributed by atoms with Crippen molar-refractivity contribution in [2.24, 2.45) is 5.41 Å². The van der Waals surface area contributed by atoms with E-state index in [0.29, 0.717) is 6.42 Å². The van der Waals surface area contributed by atoms with Gasteiger partial charge in [0.15, 0.2) is 5.78 Å². The Bertz CT molecular complexity index is 882. The normalized spacial score (nSPS) is 12.1. The molecule has 0 unspecified atom stereocenters. The molecule has 0 aliphatic carbocycles. The van der Waals surface area contributed by atoms with Crippen molar-refractivity contribution >= 4 is 23.4 Å². The van der Waals surface area contributed by atoms with Gasteiger partial charge in [0, 0.05) is 27.0 Å². The van der Waals surface area contributed by atoms with Gasteiger partial charge in [-0.25, -0.2) is 0 Å². The highest BCUT2D eigenvalue weighted by atomic mass is 32.1. The highest BCUT2D eigenvalue weighted by molar-refractivity contribution is 7.12. The summed E-state index contributed by atoms with van der Waals surface area (Å²) in [7, 11) is 0. The average Bonchev–Trinajstić information content (AvgIpc) is 3.07. The maximum Gasteiger partial charge on any atom is 0.175 e. The minimum absolute atomic E-state index is 0.0562. The molecular weight excluding hydrogens is 392 g/mol. The summed E-state index contributed by atoms with van der Waals surface area (Å²) in [4.78, 5) is 25.7. The van der Waals surface area contributed by atoms with Crippen molar-refractivity contribution in [3.63, 3.8) is 0 Å². The molecule has 1 aromatic heterocycles. The fourth-order valence-electron chi connectivity index (χ4n) is 3.81. The van der Waals surface area contributed by atoms with Crippen LogP contribution >= 0.6 is 11.3 Å². The zero-order valence-electron chi connectivity index (χ0n) is 19.6. The van der Waals surface area contributed by atoms with Crippen LogP contribution in [0.3, 0.4) is 0 Å². The number of aldehydes is 1. The van der Waals surface area contributed by atoms with Gasteiger partial charge < -0.3 is 9.53 Å². The van der Waals surface area contributed by atoms with Gasteiger partial charge in [-0.05, 0) is 61.9 Å². The summed E-state index contributed by atoms with van der Waals surface area (Å²) in [5.41, 5.74) is 3.16. The maximum absolute atomic E-state index is 12.2. The standard InChI is InChI=1S/C26H36O3S/c1-8-26(9-2,24-16-19(4)22(30-24)11-10-14-27)20-12-13-21(18(3)15-20)29-17-23(28)25(5,6)7/h12-16H,8-11,17H2,1-7H3. The molecule has 164 valence electrons. The highest BCUT2D eigenvalue weighted by Crippen LogP contribution is 2.44. The van der Waals surface area contributed by atoms with Gasteiger partial charge in [0.25, 0.3) is 0 Å². The fourth-order valence-corrected chi connectivity index (χ4v) is 5.35. The van der Waals surface area contributed by atoms with E-state index in [1.165, 1.54) is 20.9 Å². The van der Waals surface area contributed by atoms with Gasteiger partial charge in [-0.15, -0.1) is 11.3 Å². The third kappa shape index (κ3) is 5.21. The molecule has 1 heterocycles. The van der Waals surface area contributed by atoms with Crippen LogP contribution in [-0.2, 0) is 21.4 Å². The molecule has 3 nitrogen and oxygen atoms in total. The summed E-state index contributed by atoms with van der Waals surface area (Å²) in [5.74, 6) is 0.867. The SMILES string of the molecule is CCC(CC)(c1ccc(OCC(=O)C(C)(C)C)c(C)c1)c1cc(C)c(CCC=O)s1. The van der Waals surface area contributed by atoms with E-state index in [1.807, 2.05) is 45.1 Å². The molecule has 0 aliphatic rings. The number of carbonyl (C=O) groups excluding carboxylic acids is 2. The fraction of sp³-hybridized carbons (Fsp3) is 0.538. The molecule has 0 N–H and O–H groups in total. The van der Waals surface area contributed by atoms with Crippen LogP contribution in [0, 0.1) is 19.3 Å². The predicted octanol–water partition coefficient (Wildman–Crippen LogP) is 6.60. The number of thiophene rings is 1. The second-order valence-corrected chi connectivity index (χ2v) is 10.3. The molecular formula is C26H36O3S. The summed E-state index contributed by atoms with van der Waals surface area (Å²) in [6, 6.07) is 8.68. The van der Waals surface area contributed by atoms with Gasteiger partial charge in [0.1, 0.15) is 18.6 Å². The highest BCUT2D eigenvalue weighted by Gasteiger charge is 2.33. The van der Waals surface area contributed by atoms with E-state index in [2.05, 4.69) is 39.0 Å². The lowest BCUT2D eigenvalue weighted by Gasteiger charge is -2.32. The first-order chi connectivity index (χ1) is 14.1. The van der Waals surface area contributed by atoms with Gasteiger partial charge in [0.05, 0.1) is 0 Å². The first-order valence-electron chi connectivity index (χ1n) is 10.9. The summed E-state index contributed by atoms with van der Waals surface area (Å²) in [6.45, 7) is 14.5. The Morgan fingerprint density at radius 3 is 2.27 bits per heavy atom. The number of aryl methyl sites for hydroxylation is 3. The minimum Gasteiger partial charge on any atom is -0.486 e. The first-order valence-corrected chi connectivity index (χ1v) is 11.7. The molecule has 0 atom stereocenters. The van der Waals surface area contributed by atoms with Gasteiger partial charge in [-0.3, -0.25) is 4.79 Å². The molecule has 0 fully saturated rings. The van der Waals surface area contributed by atoms with Gasteiger partial charge in [-0.2, -0.15) is 0 Å². The Hall–Kier alpha value is -1.94. The number of hydrogen-bond acceptors (Lipinski definition) is 4. The van der Waals surface area contributed by atoms with E-state index in [0.717, 1.165) is 36.9 Å². The largest absolute Gasteiger partial charge is 0.486 e. The molecule has 2 aromatic rings. The number of ketones is 1. The van der Waals surface area contributed by atoms with Crippen molar-refractivity contribution in [3.05, 3.63) is 50.7 Å². The van der Waals surface area contributed by atoms with Gasteiger partial charge >= 0.3 is 0 Å². The van der Waals surface area contributed by atoms with Crippen LogP contribution in [0.2, 0.25) is 0 Å². The number of rotatable bonds is 10. The van der Waals surface area contributed by atoms with Crippen LogP contribution in [-0.4, -0.2) is 18.7 Å². The Labute approximate surface area is 185 Å². The summed E-state index contributed by atoms with van der Waals surface area (Å²) in [5, 5.41) is 0.